The van der Waals surface area contributed by atoms with Gasteiger partial charge in [0.2, 0.25) is 0 Å². The lowest BCUT2D eigenvalue weighted by atomic mass is 9.99. The quantitative estimate of drug-likeness (QED) is 0.0453. The summed E-state index contributed by atoms with van der Waals surface area (Å²) in [5, 5.41) is 21.0. The fourth-order valence-electron chi connectivity index (χ4n) is 7.62. The van der Waals surface area contributed by atoms with Crippen molar-refractivity contribution in [2.75, 3.05) is 6.61 Å². The van der Waals surface area contributed by atoms with Gasteiger partial charge in [-0.2, -0.15) is 0 Å². The fourth-order valence-corrected chi connectivity index (χ4v) is 8.22. The van der Waals surface area contributed by atoms with E-state index in [1.165, 1.54) is 6.92 Å². The lowest BCUT2D eigenvalue weighted by molar-refractivity contribution is 0.0190. The van der Waals surface area contributed by atoms with Crippen LogP contribution in [0.15, 0.2) is 74.9 Å². The van der Waals surface area contributed by atoms with Crippen LogP contribution >= 0.6 is 46.4 Å². The molecule has 0 aromatic heterocycles. The Bertz CT molecular complexity index is 2690. The first-order valence-electron chi connectivity index (χ1n) is 24.2. The summed E-state index contributed by atoms with van der Waals surface area (Å²) in [6.45, 7) is 43.1. The summed E-state index contributed by atoms with van der Waals surface area (Å²) in [6, 6.07) is 6.75. The van der Waals surface area contributed by atoms with E-state index < -0.39 is 5.97 Å². The number of aromatic hydroxyl groups is 2. The highest BCUT2D eigenvalue weighted by atomic mass is 35.5. The summed E-state index contributed by atoms with van der Waals surface area (Å²) in [7, 11) is 0. The zero-order valence-corrected chi connectivity index (χ0v) is 48.9. The van der Waals surface area contributed by atoms with Gasteiger partial charge in [-0.25, -0.2) is 19.2 Å². The van der Waals surface area contributed by atoms with Gasteiger partial charge in [-0.05, 0) is 151 Å². The summed E-state index contributed by atoms with van der Waals surface area (Å²) in [5.74, 6) is -1.89. The van der Waals surface area contributed by atoms with Gasteiger partial charge in [0, 0.05) is 39.9 Å². The number of phenols is 2. The van der Waals surface area contributed by atoms with Gasteiger partial charge < -0.3 is 29.2 Å². The number of carbonyl (C=O) groups is 4. The van der Waals surface area contributed by atoms with Crippen LogP contribution < -0.4 is 0 Å². The summed E-state index contributed by atoms with van der Waals surface area (Å²) < 4.78 is 21.4. The average Bonchev–Trinajstić information content (AvgIpc) is 3.31. The summed E-state index contributed by atoms with van der Waals surface area (Å²) in [5.41, 5.74) is 9.93. The standard InChI is InChI=1S/C17H23ClO2.C16H21ClO2.C14H17ClO2.C13H15ClO4/c1-7-8-14(10(2)3)20-17(19)15-11(4)9-12(5)16(18)13(15)6;1-7-9(2)13(6)19-16(18)14-10(3)8-11(4)15(17)12(14)5;1-5-6-7-17-14(16)12-9(2)8-10(3)13(15)11(12)4;1-4-5-7(2)18-13(17)11-8(3)12(14)10(16)6-9(11)15/h7,9-10,14H,1,8H2,2-6H3;7-9,13H,1H2,2-6H3;5,8H,1,6-7H2,2-4H3;4,6-7,15-16H,1,5H2,2-3H3/t14-;9-,13+;;7-/m00.1/s1. The van der Waals surface area contributed by atoms with Crippen molar-refractivity contribution in [2.24, 2.45) is 11.8 Å². The first-order chi connectivity index (χ1) is 34.4. The molecule has 10 nitrogen and oxygen atoms in total. The number of hydrogen-bond donors (Lipinski definition) is 2. The molecule has 4 aromatic carbocycles. The van der Waals surface area contributed by atoms with E-state index >= 15 is 0 Å². The Morgan fingerprint density at radius 3 is 1.28 bits per heavy atom. The molecule has 4 rings (SSSR count). The number of esters is 4. The van der Waals surface area contributed by atoms with Crippen molar-refractivity contribution in [3.8, 4) is 11.5 Å². The maximum absolute atomic E-state index is 12.4. The third-order valence-corrected chi connectivity index (χ3v) is 14.3. The van der Waals surface area contributed by atoms with Crippen LogP contribution in [0.3, 0.4) is 0 Å². The topological polar surface area (TPSA) is 146 Å². The van der Waals surface area contributed by atoms with Gasteiger partial charge in [0.25, 0.3) is 0 Å². The Balaban J connectivity index is 0.000000494. The highest BCUT2D eigenvalue weighted by Crippen LogP contribution is 2.36. The molecule has 0 saturated heterocycles. The lowest BCUT2D eigenvalue weighted by Crippen LogP contribution is -2.24. The van der Waals surface area contributed by atoms with Gasteiger partial charge in [-0.15, -0.1) is 26.3 Å². The SMILES string of the molecule is C=CCCOC(=O)c1c(C)cc(C)c(Cl)c1C.C=CC[C@@H](C)OC(=O)c1c(O)cc(O)c(Cl)c1C.C=CC[C@H](OC(=O)c1c(C)cc(C)c(Cl)c1C)C(C)C.C=C[C@H](C)[C@@H](C)OC(=O)c1c(C)cc(C)c(Cl)c1C. The van der Waals surface area contributed by atoms with Gasteiger partial charge in [-0.3, -0.25) is 0 Å². The fraction of sp³-hybridized carbons (Fsp3) is 0.400. The van der Waals surface area contributed by atoms with Crippen molar-refractivity contribution in [2.45, 2.75) is 141 Å². The van der Waals surface area contributed by atoms with E-state index in [-0.39, 0.29) is 75.7 Å². The van der Waals surface area contributed by atoms with Crippen LogP contribution in [0.5, 0.6) is 11.5 Å². The molecular weight excluding hydrogens is 1020 g/mol. The van der Waals surface area contributed by atoms with E-state index in [1.807, 2.05) is 108 Å². The molecule has 4 aromatic rings. The Morgan fingerprint density at radius 1 is 0.500 bits per heavy atom. The molecule has 0 amide bonds. The van der Waals surface area contributed by atoms with E-state index in [2.05, 4.69) is 26.3 Å². The Labute approximate surface area is 460 Å². The summed E-state index contributed by atoms with van der Waals surface area (Å²) >= 11 is 24.4. The van der Waals surface area contributed by atoms with E-state index in [9.17, 15) is 29.4 Å². The maximum atomic E-state index is 12.4. The van der Waals surface area contributed by atoms with E-state index in [0.717, 1.165) is 56.1 Å². The molecule has 4 atom stereocenters. The molecule has 0 saturated carbocycles. The van der Waals surface area contributed by atoms with Gasteiger partial charge in [0.15, 0.2) is 0 Å². The predicted molar refractivity (Wildman–Crippen MR) is 304 cm³/mol. The van der Waals surface area contributed by atoms with Crippen LogP contribution in [0.2, 0.25) is 20.1 Å². The Morgan fingerprint density at radius 2 is 0.892 bits per heavy atom. The Kier molecular flexibility index (Phi) is 28.2. The van der Waals surface area contributed by atoms with Gasteiger partial charge in [-0.1, -0.05) is 110 Å². The van der Waals surface area contributed by atoms with Crippen molar-refractivity contribution < 1.29 is 48.3 Å². The molecule has 0 aliphatic rings. The zero-order chi connectivity index (χ0) is 57.1. The van der Waals surface area contributed by atoms with Crippen LogP contribution in [0.4, 0.5) is 0 Å². The second-order valence-electron chi connectivity index (χ2n) is 18.6. The molecule has 0 bridgehead atoms. The zero-order valence-electron chi connectivity index (χ0n) is 45.8. The number of benzene rings is 4. The van der Waals surface area contributed by atoms with E-state index in [0.29, 0.717) is 57.6 Å². The number of ether oxygens (including phenoxy) is 4. The van der Waals surface area contributed by atoms with Crippen LogP contribution in [-0.4, -0.2) is 59.0 Å². The van der Waals surface area contributed by atoms with Crippen LogP contribution in [-0.2, 0) is 18.9 Å². The molecular formula is C60H76Cl4O10. The number of halogens is 4. The van der Waals surface area contributed by atoms with Crippen molar-refractivity contribution >= 4 is 70.3 Å². The van der Waals surface area contributed by atoms with Crippen molar-refractivity contribution in [3.63, 3.8) is 0 Å². The molecule has 0 radical (unpaired) electrons. The van der Waals surface area contributed by atoms with Gasteiger partial charge in [0.05, 0.1) is 28.3 Å². The third-order valence-electron chi connectivity index (χ3n) is 12.1. The monoisotopic (exact) mass is 1100 g/mol. The predicted octanol–water partition coefficient (Wildman–Crippen LogP) is 16.8. The van der Waals surface area contributed by atoms with Crippen molar-refractivity contribution in [1.82, 2.24) is 0 Å². The largest absolute Gasteiger partial charge is 0.507 e. The molecule has 74 heavy (non-hydrogen) atoms. The number of rotatable bonds is 17. The lowest BCUT2D eigenvalue weighted by Gasteiger charge is -2.21. The molecule has 0 aliphatic carbocycles. The molecule has 0 heterocycles. The highest BCUT2D eigenvalue weighted by molar-refractivity contribution is 6.34. The molecule has 0 fully saturated rings. The highest BCUT2D eigenvalue weighted by Gasteiger charge is 2.25. The van der Waals surface area contributed by atoms with E-state index in [1.54, 1.807) is 31.2 Å². The number of phenolic OH excluding ortho intramolecular Hbond substituents is 2. The summed E-state index contributed by atoms with van der Waals surface area (Å²) in [6.07, 6.45) is 8.02. The Hall–Kier alpha value is -5.52. The normalized spacial score (nSPS) is 12.1. The molecule has 2 N–H and O–H groups in total. The number of hydrogen-bond acceptors (Lipinski definition) is 10. The average molecular weight is 1100 g/mol. The molecule has 0 spiro atoms. The molecule has 14 heteroatoms. The molecule has 0 aliphatic heterocycles. The minimum absolute atomic E-state index is 0.0242. The third kappa shape index (κ3) is 18.7. The molecule has 0 unspecified atom stereocenters. The van der Waals surface area contributed by atoms with E-state index in [4.69, 9.17) is 65.4 Å². The van der Waals surface area contributed by atoms with Crippen LogP contribution in [0.1, 0.15) is 151 Å². The van der Waals surface area contributed by atoms with Crippen LogP contribution in [0.25, 0.3) is 0 Å². The summed E-state index contributed by atoms with van der Waals surface area (Å²) in [4.78, 5) is 48.5. The van der Waals surface area contributed by atoms with Crippen molar-refractivity contribution in [1.29, 1.82) is 0 Å². The van der Waals surface area contributed by atoms with Crippen LogP contribution in [0, 0.1) is 81.1 Å². The first kappa shape index (κ1) is 66.5. The maximum Gasteiger partial charge on any atom is 0.342 e. The van der Waals surface area contributed by atoms with Crippen molar-refractivity contribution in [3.05, 3.63) is 173 Å². The second kappa shape index (κ2) is 31.4. The van der Waals surface area contributed by atoms with Gasteiger partial charge >= 0.3 is 23.9 Å². The number of carbonyl (C=O) groups excluding carboxylic acids is 4. The molecule has 404 valence electrons. The minimum atomic E-state index is -0.679. The minimum Gasteiger partial charge on any atom is -0.507 e. The first-order valence-corrected chi connectivity index (χ1v) is 25.7. The smallest absolute Gasteiger partial charge is 0.342 e. The second-order valence-corrected chi connectivity index (χ2v) is 20.1. The number of aryl methyl sites for hydroxylation is 6. The van der Waals surface area contributed by atoms with Gasteiger partial charge in [0.1, 0.15) is 35.4 Å².